The van der Waals surface area contributed by atoms with Gasteiger partial charge in [0, 0.05) is 24.5 Å². The minimum absolute atomic E-state index is 0.145. The van der Waals surface area contributed by atoms with E-state index in [-0.39, 0.29) is 12.0 Å². The number of methoxy groups -OCH3 is 1. The van der Waals surface area contributed by atoms with Crippen LogP contribution < -0.4 is 5.32 Å². The van der Waals surface area contributed by atoms with Crippen LogP contribution in [-0.2, 0) is 9.53 Å². The van der Waals surface area contributed by atoms with Crippen LogP contribution in [0.1, 0.15) is 51.4 Å². The van der Waals surface area contributed by atoms with Gasteiger partial charge in [-0.15, -0.1) is 0 Å². The zero-order chi connectivity index (χ0) is 14.8. The third kappa shape index (κ3) is 2.87. The van der Waals surface area contributed by atoms with Crippen molar-refractivity contribution in [3.05, 3.63) is 18.2 Å². The van der Waals surface area contributed by atoms with Gasteiger partial charge in [0.05, 0.1) is 7.11 Å². The molecule has 0 radical (unpaired) electrons. The van der Waals surface area contributed by atoms with Gasteiger partial charge in [-0.1, -0.05) is 0 Å². The van der Waals surface area contributed by atoms with Crippen LogP contribution in [0, 0.1) is 6.92 Å². The summed E-state index contributed by atoms with van der Waals surface area (Å²) in [5.41, 5.74) is -0.567. The van der Waals surface area contributed by atoms with Gasteiger partial charge >= 0.3 is 5.97 Å². The molecule has 20 heavy (non-hydrogen) atoms. The molecule has 1 saturated carbocycles. The Kier molecular flexibility index (Phi) is 4.48. The molecule has 1 aliphatic carbocycles. The van der Waals surface area contributed by atoms with Gasteiger partial charge < -0.3 is 9.30 Å². The molecule has 5 heteroatoms. The number of nitrogens with one attached hydrogen (secondary N) is 1. The Bertz CT molecular complexity index is 469. The van der Waals surface area contributed by atoms with E-state index in [2.05, 4.69) is 28.7 Å². The van der Waals surface area contributed by atoms with Crippen molar-refractivity contribution in [3.8, 4) is 0 Å². The number of aryl methyl sites for hydroxylation is 1. The summed E-state index contributed by atoms with van der Waals surface area (Å²) in [6.45, 7) is 6.14. The lowest BCUT2D eigenvalue weighted by molar-refractivity contribution is -0.151. The van der Waals surface area contributed by atoms with Crippen LogP contribution in [0.5, 0.6) is 0 Å². The minimum Gasteiger partial charge on any atom is -0.468 e. The first kappa shape index (κ1) is 15.0. The van der Waals surface area contributed by atoms with E-state index in [1.807, 2.05) is 19.3 Å². The van der Waals surface area contributed by atoms with Gasteiger partial charge in [-0.05, 0) is 46.5 Å². The van der Waals surface area contributed by atoms with E-state index in [1.165, 1.54) is 7.11 Å². The van der Waals surface area contributed by atoms with Gasteiger partial charge in [0.25, 0.3) is 0 Å². The number of rotatable bonds is 4. The highest BCUT2D eigenvalue weighted by Crippen LogP contribution is 2.37. The SMILES string of the molecule is COC(=O)C1(NC(C)C)CCCC(n2ccnc2C)C1. The summed E-state index contributed by atoms with van der Waals surface area (Å²) in [7, 11) is 1.47. The summed E-state index contributed by atoms with van der Waals surface area (Å²) in [5.74, 6) is 0.855. The molecule has 1 fully saturated rings. The summed E-state index contributed by atoms with van der Waals surface area (Å²) in [5, 5.41) is 3.45. The van der Waals surface area contributed by atoms with E-state index in [9.17, 15) is 4.79 Å². The Morgan fingerprint density at radius 1 is 1.60 bits per heavy atom. The van der Waals surface area contributed by atoms with Gasteiger partial charge in [0.15, 0.2) is 0 Å². The number of ether oxygens (including phenoxy) is 1. The van der Waals surface area contributed by atoms with E-state index in [0.717, 1.165) is 31.5 Å². The highest BCUT2D eigenvalue weighted by molar-refractivity contribution is 5.81. The van der Waals surface area contributed by atoms with Gasteiger partial charge in [-0.2, -0.15) is 0 Å². The second kappa shape index (κ2) is 5.95. The van der Waals surface area contributed by atoms with Crippen LogP contribution in [0.2, 0.25) is 0 Å². The maximum absolute atomic E-state index is 12.3. The quantitative estimate of drug-likeness (QED) is 0.859. The molecule has 2 atom stereocenters. The van der Waals surface area contributed by atoms with Crippen LogP contribution in [0.15, 0.2) is 12.4 Å². The summed E-state index contributed by atoms with van der Waals surface area (Å²) < 4.78 is 7.24. The van der Waals surface area contributed by atoms with Crippen molar-refractivity contribution in [2.75, 3.05) is 7.11 Å². The van der Waals surface area contributed by atoms with Crippen LogP contribution in [-0.4, -0.2) is 34.2 Å². The fraction of sp³-hybridized carbons (Fsp3) is 0.733. The molecule has 112 valence electrons. The summed E-state index contributed by atoms with van der Waals surface area (Å²) >= 11 is 0. The van der Waals surface area contributed by atoms with Crippen LogP contribution in [0.3, 0.4) is 0 Å². The maximum atomic E-state index is 12.3. The third-order valence-electron chi connectivity index (χ3n) is 4.12. The van der Waals surface area contributed by atoms with Crippen molar-refractivity contribution in [2.24, 2.45) is 0 Å². The van der Waals surface area contributed by atoms with E-state index < -0.39 is 5.54 Å². The molecule has 2 unspecified atom stereocenters. The second-order valence-corrected chi connectivity index (χ2v) is 6.00. The monoisotopic (exact) mass is 279 g/mol. The largest absolute Gasteiger partial charge is 0.468 e. The summed E-state index contributed by atoms with van der Waals surface area (Å²) in [6, 6.07) is 0.549. The van der Waals surface area contributed by atoms with Crippen LogP contribution >= 0.6 is 0 Å². The number of hydrogen-bond acceptors (Lipinski definition) is 4. The predicted molar refractivity (Wildman–Crippen MR) is 77.5 cm³/mol. The molecule has 1 heterocycles. The molecule has 0 spiro atoms. The van der Waals surface area contributed by atoms with Crippen molar-refractivity contribution in [2.45, 2.75) is 64.1 Å². The number of carbonyl (C=O) groups excluding carboxylic acids is 1. The predicted octanol–water partition coefficient (Wildman–Crippen LogP) is 2.22. The summed E-state index contributed by atoms with van der Waals surface area (Å²) in [6.07, 6.45) is 7.51. The molecule has 1 N–H and O–H groups in total. The van der Waals surface area contributed by atoms with E-state index in [4.69, 9.17) is 4.74 Å². The first-order valence-electron chi connectivity index (χ1n) is 7.34. The van der Waals surface area contributed by atoms with Crippen molar-refractivity contribution in [1.29, 1.82) is 0 Å². The number of imidazole rings is 1. The Morgan fingerprint density at radius 3 is 2.90 bits per heavy atom. The Morgan fingerprint density at radius 2 is 2.35 bits per heavy atom. The molecule has 0 aromatic carbocycles. The van der Waals surface area contributed by atoms with E-state index >= 15 is 0 Å². The molecule has 1 aromatic rings. The standard InChI is InChI=1S/C15H25N3O2/c1-11(2)17-15(14(19)20-4)7-5-6-13(10-15)18-9-8-16-12(18)3/h8-9,11,13,17H,5-7,10H2,1-4H3. The third-order valence-corrected chi connectivity index (χ3v) is 4.12. The van der Waals surface area contributed by atoms with Crippen LogP contribution in [0.25, 0.3) is 0 Å². The van der Waals surface area contributed by atoms with Crippen molar-refractivity contribution in [3.63, 3.8) is 0 Å². The van der Waals surface area contributed by atoms with E-state index in [1.54, 1.807) is 0 Å². The van der Waals surface area contributed by atoms with Crippen molar-refractivity contribution >= 4 is 5.97 Å². The highest BCUT2D eigenvalue weighted by atomic mass is 16.5. The number of nitrogens with zero attached hydrogens (tertiary/aromatic N) is 2. The first-order valence-corrected chi connectivity index (χ1v) is 7.34. The molecule has 0 saturated heterocycles. The molecule has 2 rings (SSSR count). The smallest absolute Gasteiger partial charge is 0.326 e. The Balaban J connectivity index is 2.25. The fourth-order valence-electron chi connectivity index (χ4n) is 3.38. The average Bonchev–Trinajstić information content (AvgIpc) is 2.83. The molecular weight excluding hydrogens is 254 g/mol. The molecule has 0 bridgehead atoms. The van der Waals surface area contributed by atoms with Gasteiger partial charge in [0.1, 0.15) is 11.4 Å². The zero-order valence-corrected chi connectivity index (χ0v) is 12.8. The molecule has 0 aliphatic heterocycles. The molecule has 0 amide bonds. The number of hydrogen-bond donors (Lipinski definition) is 1. The topological polar surface area (TPSA) is 56.1 Å². The van der Waals surface area contributed by atoms with Gasteiger partial charge in [0.2, 0.25) is 0 Å². The summed E-state index contributed by atoms with van der Waals surface area (Å²) in [4.78, 5) is 16.6. The van der Waals surface area contributed by atoms with Crippen LogP contribution in [0.4, 0.5) is 0 Å². The number of carbonyl (C=O) groups is 1. The van der Waals surface area contributed by atoms with Gasteiger partial charge in [-0.3, -0.25) is 10.1 Å². The van der Waals surface area contributed by atoms with E-state index in [0.29, 0.717) is 6.04 Å². The fourth-order valence-corrected chi connectivity index (χ4v) is 3.38. The number of aromatic nitrogens is 2. The lowest BCUT2D eigenvalue weighted by Crippen LogP contribution is -2.57. The molecule has 1 aliphatic rings. The Labute approximate surface area is 120 Å². The normalized spacial score (nSPS) is 26.8. The zero-order valence-electron chi connectivity index (χ0n) is 12.8. The van der Waals surface area contributed by atoms with Crippen molar-refractivity contribution in [1.82, 2.24) is 14.9 Å². The lowest BCUT2D eigenvalue weighted by atomic mass is 9.78. The molecule has 5 nitrogen and oxygen atoms in total. The second-order valence-electron chi connectivity index (χ2n) is 6.00. The molecule has 1 aromatic heterocycles. The van der Waals surface area contributed by atoms with Gasteiger partial charge in [-0.25, -0.2) is 4.98 Å². The first-order chi connectivity index (χ1) is 9.48. The maximum Gasteiger partial charge on any atom is 0.326 e. The number of esters is 1. The minimum atomic E-state index is -0.567. The Hall–Kier alpha value is -1.36. The average molecular weight is 279 g/mol. The highest BCUT2D eigenvalue weighted by Gasteiger charge is 2.44. The van der Waals surface area contributed by atoms with Crippen molar-refractivity contribution < 1.29 is 9.53 Å². The molecular formula is C15H25N3O2. The lowest BCUT2D eigenvalue weighted by Gasteiger charge is -2.41.